The molecule has 3 nitrogen and oxygen atoms in total. The molecule has 0 spiro atoms. The van der Waals surface area contributed by atoms with Gasteiger partial charge in [0.1, 0.15) is 0 Å². The fourth-order valence-corrected chi connectivity index (χ4v) is 2.59. The van der Waals surface area contributed by atoms with Crippen molar-refractivity contribution in [2.75, 3.05) is 5.32 Å². The molecule has 0 atom stereocenters. The highest BCUT2D eigenvalue weighted by Gasteiger charge is 2.23. The summed E-state index contributed by atoms with van der Waals surface area (Å²) in [4.78, 5) is 16.7. The Balaban J connectivity index is 1.84. The maximum Gasteiger partial charge on any atom is 0.256 e. The third-order valence-corrected chi connectivity index (χ3v) is 3.62. The lowest BCUT2D eigenvalue weighted by atomic mass is 10.1. The molecule has 21 heavy (non-hydrogen) atoms. The Bertz CT molecular complexity index is 896. The van der Waals surface area contributed by atoms with Crippen LogP contribution in [0.5, 0.6) is 0 Å². The number of carbonyl (C=O) groups is 1. The summed E-state index contributed by atoms with van der Waals surface area (Å²) in [5.41, 5.74) is 4.16. The van der Waals surface area contributed by atoms with Crippen LogP contribution in [0.15, 0.2) is 60.7 Å². The second-order valence-corrected chi connectivity index (χ2v) is 4.99. The zero-order valence-electron chi connectivity index (χ0n) is 11.2. The monoisotopic (exact) mass is 272 g/mol. The zero-order chi connectivity index (χ0) is 14.2. The standard InChI is InChI=1S/C18H12N2O/c21-18-15(14-6-2-4-8-17(14)20-18)11-13-10-9-12-5-1-3-7-16(12)19-13/h1-11H,(H,20,21)/b15-11+. The maximum absolute atomic E-state index is 12.1. The fourth-order valence-electron chi connectivity index (χ4n) is 2.59. The summed E-state index contributed by atoms with van der Waals surface area (Å²) in [5, 5.41) is 3.96. The number of hydrogen-bond donors (Lipinski definition) is 1. The Morgan fingerprint density at radius 1 is 0.905 bits per heavy atom. The fraction of sp³-hybridized carbons (Fsp3) is 0. The summed E-state index contributed by atoms with van der Waals surface area (Å²) >= 11 is 0. The normalized spacial score (nSPS) is 15.2. The van der Waals surface area contributed by atoms with Crippen molar-refractivity contribution in [2.24, 2.45) is 0 Å². The molecular weight excluding hydrogens is 260 g/mol. The number of aromatic nitrogens is 1. The predicted molar refractivity (Wildman–Crippen MR) is 84.7 cm³/mol. The highest BCUT2D eigenvalue weighted by molar-refractivity contribution is 6.34. The minimum Gasteiger partial charge on any atom is -0.321 e. The van der Waals surface area contributed by atoms with Crippen LogP contribution in [-0.4, -0.2) is 10.9 Å². The number of anilines is 1. The average Bonchev–Trinajstić information content (AvgIpc) is 2.83. The molecule has 0 saturated carbocycles. The van der Waals surface area contributed by atoms with Gasteiger partial charge in [0.05, 0.1) is 16.8 Å². The first-order valence-electron chi connectivity index (χ1n) is 6.79. The maximum atomic E-state index is 12.1. The number of hydrogen-bond acceptors (Lipinski definition) is 2. The SMILES string of the molecule is O=C1Nc2ccccc2/C1=C\c1ccc2ccccc2n1. The molecule has 1 N–H and O–H groups in total. The van der Waals surface area contributed by atoms with Crippen molar-refractivity contribution in [3.05, 3.63) is 71.9 Å². The molecule has 4 rings (SSSR count). The Hall–Kier alpha value is -2.94. The summed E-state index contributed by atoms with van der Waals surface area (Å²) in [7, 11) is 0. The Labute approximate surface area is 122 Å². The van der Waals surface area contributed by atoms with Crippen LogP contribution in [0.4, 0.5) is 5.69 Å². The average molecular weight is 272 g/mol. The largest absolute Gasteiger partial charge is 0.321 e. The molecule has 0 unspecified atom stereocenters. The Morgan fingerprint density at radius 3 is 2.67 bits per heavy atom. The molecule has 0 radical (unpaired) electrons. The minimum absolute atomic E-state index is 0.0776. The Kier molecular flexibility index (Phi) is 2.57. The lowest BCUT2D eigenvalue weighted by molar-refractivity contribution is -0.110. The molecule has 0 aliphatic carbocycles. The predicted octanol–water partition coefficient (Wildman–Crippen LogP) is 3.73. The van der Waals surface area contributed by atoms with Crippen molar-refractivity contribution >= 4 is 34.1 Å². The summed E-state index contributed by atoms with van der Waals surface area (Å²) in [6, 6.07) is 19.6. The van der Waals surface area contributed by atoms with Gasteiger partial charge in [0.2, 0.25) is 0 Å². The molecule has 0 bridgehead atoms. The number of benzene rings is 2. The first kappa shape index (κ1) is 11.9. The van der Waals surface area contributed by atoms with Crippen LogP contribution in [0.3, 0.4) is 0 Å². The Morgan fingerprint density at radius 2 is 1.71 bits per heavy atom. The molecule has 3 aromatic rings. The van der Waals surface area contributed by atoms with Gasteiger partial charge in [-0.1, -0.05) is 42.5 Å². The number of carbonyl (C=O) groups excluding carboxylic acids is 1. The zero-order valence-corrected chi connectivity index (χ0v) is 11.2. The van der Waals surface area contributed by atoms with Gasteiger partial charge in [0, 0.05) is 16.6 Å². The van der Waals surface area contributed by atoms with E-state index < -0.39 is 0 Å². The molecule has 3 heteroatoms. The summed E-state index contributed by atoms with van der Waals surface area (Å²) < 4.78 is 0. The van der Waals surface area contributed by atoms with E-state index in [9.17, 15) is 4.79 Å². The van der Waals surface area contributed by atoms with Crippen molar-refractivity contribution in [1.29, 1.82) is 0 Å². The van der Waals surface area contributed by atoms with E-state index in [0.717, 1.165) is 27.8 Å². The molecule has 2 aromatic carbocycles. The number of pyridine rings is 1. The van der Waals surface area contributed by atoms with Gasteiger partial charge in [-0.15, -0.1) is 0 Å². The first-order valence-corrected chi connectivity index (χ1v) is 6.79. The van der Waals surface area contributed by atoms with Crippen molar-refractivity contribution in [3.63, 3.8) is 0 Å². The van der Waals surface area contributed by atoms with E-state index in [2.05, 4.69) is 10.3 Å². The molecule has 2 heterocycles. The van der Waals surface area contributed by atoms with E-state index in [1.165, 1.54) is 0 Å². The van der Waals surface area contributed by atoms with Crippen molar-refractivity contribution < 1.29 is 4.79 Å². The molecular formula is C18H12N2O. The molecule has 100 valence electrons. The van der Waals surface area contributed by atoms with E-state index in [0.29, 0.717) is 5.57 Å². The van der Waals surface area contributed by atoms with E-state index in [1.807, 2.05) is 66.7 Å². The molecule has 0 saturated heterocycles. The van der Waals surface area contributed by atoms with E-state index >= 15 is 0 Å². The van der Waals surface area contributed by atoms with Gasteiger partial charge in [-0.2, -0.15) is 0 Å². The minimum atomic E-state index is -0.0776. The van der Waals surface area contributed by atoms with Crippen LogP contribution in [-0.2, 0) is 4.79 Å². The highest BCUT2D eigenvalue weighted by Crippen LogP contribution is 2.32. The van der Waals surface area contributed by atoms with Crippen molar-refractivity contribution in [2.45, 2.75) is 0 Å². The van der Waals surface area contributed by atoms with Gasteiger partial charge < -0.3 is 5.32 Å². The molecule has 1 aliphatic rings. The second kappa shape index (κ2) is 4.56. The second-order valence-electron chi connectivity index (χ2n) is 4.99. The number of rotatable bonds is 1. The summed E-state index contributed by atoms with van der Waals surface area (Å²) in [6.07, 6.45) is 1.84. The van der Waals surface area contributed by atoms with Gasteiger partial charge in [-0.25, -0.2) is 4.98 Å². The van der Waals surface area contributed by atoms with Crippen LogP contribution in [0.2, 0.25) is 0 Å². The lowest BCUT2D eigenvalue weighted by Gasteiger charge is -2.00. The third-order valence-electron chi connectivity index (χ3n) is 3.62. The quantitative estimate of drug-likeness (QED) is 0.686. The van der Waals surface area contributed by atoms with Crippen molar-refractivity contribution in [3.8, 4) is 0 Å². The molecule has 1 amide bonds. The number of nitrogens with zero attached hydrogens (tertiary/aromatic N) is 1. The van der Waals surface area contributed by atoms with Crippen LogP contribution >= 0.6 is 0 Å². The molecule has 0 fully saturated rings. The van der Waals surface area contributed by atoms with Crippen LogP contribution in [0.25, 0.3) is 22.6 Å². The third kappa shape index (κ3) is 1.99. The lowest BCUT2D eigenvalue weighted by Crippen LogP contribution is -2.03. The number of amides is 1. The van der Waals surface area contributed by atoms with Gasteiger partial charge in [-0.05, 0) is 24.3 Å². The van der Waals surface area contributed by atoms with Gasteiger partial charge >= 0.3 is 0 Å². The highest BCUT2D eigenvalue weighted by atomic mass is 16.2. The van der Waals surface area contributed by atoms with Gasteiger partial charge in [0.15, 0.2) is 0 Å². The van der Waals surface area contributed by atoms with Gasteiger partial charge in [0.25, 0.3) is 5.91 Å². The molecule has 1 aromatic heterocycles. The smallest absolute Gasteiger partial charge is 0.256 e. The summed E-state index contributed by atoms with van der Waals surface area (Å²) in [6.45, 7) is 0. The first-order chi connectivity index (χ1) is 10.3. The van der Waals surface area contributed by atoms with Crippen LogP contribution in [0.1, 0.15) is 11.3 Å². The van der Waals surface area contributed by atoms with Gasteiger partial charge in [-0.3, -0.25) is 4.79 Å². The molecule has 1 aliphatic heterocycles. The van der Waals surface area contributed by atoms with Crippen LogP contribution in [0, 0.1) is 0 Å². The topological polar surface area (TPSA) is 42.0 Å². The van der Waals surface area contributed by atoms with Crippen molar-refractivity contribution in [1.82, 2.24) is 4.98 Å². The van der Waals surface area contributed by atoms with Crippen LogP contribution < -0.4 is 5.32 Å². The van der Waals surface area contributed by atoms with E-state index in [4.69, 9.17) is 0 Å². The van der Waals surface area contributed by atoms with E-state index in [-0.39, 0.29) is 5.91 Å². The summed E-state index contributed by atoms with van der Waals surface area (Å²) in [5.74, 6) is -0.0776. The number of fused-ring (bicyclic) bond motifs is 2. The number of nitrogens with one attached hydrogen (secondary N) is 1. The van der Waals surface area contributed by atoms with E-state index in [1.54, 1.807) is 0 Å². The number of para-hydroxylation sites is 2.